The molecular weight excluding hydrogens is 1610 g/mol. The van der Waals surface area contributed by atoms with Crippen LogP contribution in [0.3, 0.4) is 0 Å². The number of carboxylic acid groups (broad SMARTS) is 1. The van der Waals surface area contributed by atoms with Crippen LogP contribution < -0.4 is 79.8 Å². The molecule has 19 atom stereocenters. The Labute approximate surface area is 675 Å². The number of nitrogens with one attached hydrogen (secondary N) is 12. The zero-order valence-electron chi connectivity index (χ0n) is 63.1. The van der Waals surface area contributed by atoms with Crippen molar-refractivity contribution < 1.29 is 132 Å². The predicted molar refractivity (Wildman–Crippen MR) is 406 cm³/mol. The van der Waals surface area contributed by atoms with E-state index in [1.54, 1.807) is 79.7 Å². The first kappa shape index (κ1) is 92.6. The summed E-state index contributed by atoms with van der Waals surface area (Å²) < 4.78 is 8.29. The molecule has 0 radical (unpaired) electrons. The highest BCUT2D eigenvalue weighted by Crippen LogP contribution is 2.27. The van der Waals surface area contributed by atoms with E-state index in [0.29, 0.717) is 26.7 Å². The average Bonchev–Trinajstić information content (AvgIpc) is 1.58. The van der Waals surface area contributed by atoms with Crippen LogP contribution in [-0.2, 0) is 102 Å². The molecule has 3 aliphatic rings. The second-order valence-electron chi connectivity index (χ2n) is 28.0. The fourth-order valence-corrected chi connectivity index (χ4v) is 12.7. The quantitative estimate of drug-likeness (QED) is 0.0345. The molecule has 26 N–H and O–H groups in total. The fourth-order valence-electron chi connectivity index (χ4n) is 12.4. The van der Waals surface area contributed by atoms with Crippen molar-refractivity contribution in [1.82, 2.24) is 68.4 Å². The number of nitrogens with zero attached hydrogens (tertiary/aromatic N) is 2. The summed E-state index contributed by atoms with van der Waals surface area (Å²) in [5.41, 5.74) is 12.5. The minimum atomic E-state index is -2.74. The topological polar surface area (TPSA) is 673 Å². The number of amides is 14. The summed E-state index contributed by atoms with van der Waals surface area (Å²) in [5, 5.41) is 138. The highest BCUT2D eigenvalue weighted by Gasteiger charge is 2.46. The molecule has 3 aromatic carbocycles. The molecule has 634 valence electrons. The van der Waals surface area contributed by atoms with Crippen LogP contribution in [0.2, 0.25) is 0 Å². The summed E-state index contributed by atoms with van der Waals surface area (Å²) in [4.78, 5) is 213. The van der Waals surface area contributed by atoms with Crippen molar-refractivity contribution in [2.24, 2.45) is 11.5 Å². The Bertz CT molecular complexity index is 4290. The number of carbonyl (C=O) groups is 15. The van der Waals surface area contributed by atoms with E-state index in [-0.39, 0.29) is 12.1 Å². The van der Waals surface area contributed by atoms with E-state index in [9.17, 15) is 113 Å². The third-order valence-corrected chi connectivity index (χ3v) is 19.3. The Kier molecular flexibility index (Phi) is 34.8. The lowest BCUT2D eigenvalue weighted by molar-refractivity contribution is -0.697. The monoisotopic (exact) mass is 1700 g/mol. The normalized spacial score (nSPS) is 27.8. The number of aliphatic carboxylic acids is 1. The van der Waals surface area contributed by atoms with Gasteiger partial charge >= 0.3 is 5.97 Å². The Morgan fingerprint density at radius 3 is 1.79 bits per heavy atom. The summed E-state index contributed by atoms with van der Waals surface area (Å²) >= 11 is 3.27. The highest BCUT2D eigenvalue weighted by molar-refractivity contribution is 9.10. The number of ether oxygens (including phenoxy) is 1. The van der Waals surface area contributed by atoms with Crippen LogP contribution in [0.25, 0.3) is 6.08 Å². The maximum atomic E-state index is 15.3. The highest BCUT2D eigenvalue weighted by atomic mass is 79.9. The standard InChI is InChI=1S/C74H95BrN16O26/c1-35(16-17-37-10-5-3-6-11-37)22-51(95)43-27-56(100)80-49(31-92)68(110)86-48-30-90-29-41(91(34-90)73-61(103)59(101)53(97)33-117-73)25-46(65(107)88-57(36(2)94)71(113)87-50(32-93)69(111)83-45(64(106)82-43)23-38-12-7-4-8-13-38)79-55(99)15-9-14-42(74(115)116)81-70(112)52(96)28-78-63(105)44(24-39-18-20-40(75)21-19-39)85-72(114)58(60(102)62(77)104)89-66(108)47(26-54(76)98)84-67(48)109/h3-8,10-13,16-22,29,34,36,42-53,57-61,73,92-97,101-103H,9,14-15,23-28,30-33H2,1-2H3,(H16-,76,77,78,79,80,81,82,83,84,85,86,87,88,89,98,99,100,104,105,106,107,108,109,110,111,112,113,114,115,116)/p+1/b17-16+,35-22+/t36-,42-,43-,44-,45-,46-,47-,48+,49-,50-,51-,52-,53-,57-,58-,59-,60+,61+,73-/m0/s1. The van der Waals surface area contributed by atoms with Crippen molar-refractivity contribution in [3.8, 4) is 0 Å². The number of benzene rings is 3. The number of hydrogen-bond acceptors (Lipinski definition) is 25. The molecule has 7 rings (SSSR count). The number of halogens is 1. The molecule has 1 fully saturated rings. The number of rotatable bonds is 17. The molecule has 42 nitrogen and oxygen atoms in total. The Balaban J connectivity index is 1.42. The second kappa shape index (κ2) is 44.0. The van der Waals surface area contributed by atoms with Crippen molar-refractivity contribution >= 4 is 111 Å². The van der Waals surface area contributed by atoms with Crippen LogP contribution in [0.4, 0.5) is 0 Å². The number of carboxylic acids is 1. The van der Waals surface area contributed by atoms with E-state index >= 15 is 9.59 Å². The molecule has 1 aromatic heterocycles. The summed E-state index contributed by atoms with van der Waals surface area (Å²) in [6, 6.07) is -0.244. The zero-order chi connectivity index (χ0) is 86.1. The van der Waals surface area contributed by atoms with Crippen molar-refractivity contribution in [2.45, 2.75) is 187 Å². The number of hydrogen-bond donors (Lipinski definition) is 24. The lowest BCUT2D eigenvalue weighted by Gasteiger charge is -2.33. The lowest BCUT2D eigenvalue weighted by atomic mass is 10.0. The number of fused-ring (bicyclic) bond motifs is 2. The summed E-state index contributed by atoms with van der Waals surface area (Å²) in [6.45, 7) is -2.80. The Morgan fingerprint density at radius 2 is 1.16 bits per heavy atom. The van der Waals surface area contributed by atoms with Crippen LogP contribution in [-0.4, -0.2) is 280 Å². The molecule has 3 aliphatic heterocycles. The number of imidazole rings is 1. The molecule has 4 bridgehead atoms. The number of aliphatic hydroxyl groups excluding tert-OH is 9. The number of allylic oxidation sites excluding steroid dienone is 2. The molecule has 14 amide bonds. The first-order valence-corrected chi connectivity index (χ1v) is 37.5. The van der Waals surface area contributed by atoms with Gasteiger partial charge in [-0.3, -0.25) is 67.1 Å². The van der Waals surface area contributed by atoms with Gasteiger partial charge in [0, 0.05) is 36.6 Å². The molecule has 117 heavy (non-hydrogen) atoms. The van der Waals surface area contributed by atoms with E-state index in [2.05, 4.69) is 74.4 Å². The number of aliphatic hydroxyl groups is 9. The summed E-state index contributed by atoms with van der Waals surface area (Å²) in [6.07, 6.45) is -16.0. The van der Waals surface area contributed by atoms with Gasteiger partial charge in [0.05, 0.1) is 51.0 Å². The van der Waals surface area contributed by atoms with E-state index in [1.807, 2.05) is 5.32 Å². The number of primary amides is 2. The lowest BCUT2D eigenvalue weighted by Crippen LogP contribution is -2.64. The molecular formula is C74H96BrN16O26+. The second-order valence-corrected chi connectivity index (χ2v) is 28.9. The third-order valence-electron chi connectivity index (χ3n) is 18.8. The minimum Gasteiger partial charge on any atom is -0.480 e. The molecule has 4 aromatic rings. The van der Waals surface area contributed by atoms with E-state index in [0.717, 1.165) is 28.6 Å². The largest absolute Gasteiger partial charge is 0.480 e. The van der Waals surface area contributed by atoms with Crippen molar-refractivity contribution in [3.63, 3.8) is 0 Å². The van der Waals surface area contributed by atoms with Crippen LogP contribution in [0.15, 0.2) is 120 Å². The van der Waals surface area contributed by atoms with Gasteiger partial charge in [-0.1, -0.05) is 113 Å². The number of carbonyl (C=O) groups excluding carboxylic acids is 14. The molecule has 0 aliphatic carbocycles. The van der Waals surface area contributed by atoms with Gasteiger partial charge in [0.2, 0.25) is 89.3 Å². The van der Waals surface area contributed by atoms with Gasteiger partial charge in [-0.15, -0.1) is 0 Å². The van der Waals surface area contributed by atoms with Crippen LogP contribution >= 0.6 is 15.9 Å². The number of β-amino-alcohol motifs (C(OH)–C–C–N with tert-alkyl or cyclic N) is 1. The molecule has 4 heterocycles. The van der Waals surface area contributed by atoms with Gasteiger partial charge in [-0.2, -0.15) is 0 Å². The molecule has 0 spiro atoms. The maximum absolute atomic E-state index is 15.3. The molecule has 0 saturated carbocycles. The van der Waals surface area contributed by atoms with Gasteiger partial charge in [-0.25, -0.2) is 13.9 Å². The van der Waals surface area contributed by atoms with E-state index in [4.69, 9.17) is 16.2 Å². The first-order chi connectivity index (χ1) is 55.4. The summed E-state index contributed by atoms with van der Waals surface area (Å²) in [5.74, 6) is -21.3. The van der Waals surface area contributed by atoms with Gasteiger partial charge in [-0.05, 0) is 55.5 Å². The smallest absolute Gasteiger partial charge is 0.326 e. The van der Waals surface area contributed by atoms with Gasteiger partial charge < -0.3 is 131 Å². The SMILES string of the molecule is CC(/C=C/c1ccccc1)=C\[C@H](O)[C@@H]1CC(=O)N[C@@H](CO)C(=O)N[C@@H]2C[n+]3cc(n([C@H]4OC[C@H](O)[C@H](O)[C@H]4O)c3)C[C@H](NC(=O)CCC[C@@H](C(=O)O)NC(=O)[C@@H](O)CNC(=O)[C@H](Cc3ccc(Br)cc3)NC(=O)[C@H]([C@@H](O)C(N)=O)NC(=O)[C@H](CC(N)=O)NC2=O)C(=O)N[C@@H]([C@H](C)O)C(=O)N[C@@H](CO)C(=O)N[C@@H](Cc2ccccc2)C(=O)N1. The van der Waals surface area contributed by atoms with Gasteiger partial charge in [0.15, 0.2) is 6.10 Å². The van der Waals surface area contributed by atoms with Crippen molar-refractivity contribution in [2.75, 3.05) is 26.4 Å². The van der Waals surface area contributed by atoms with Crippen LogP contribution in [0.1, 0.15) is 74.6 Å². The number of nitrogens with two attached hydrogens (primary N) is 2. The van der Waals surface area contributed by atoms with Crippen molar-refractivity contribution in [1.29, 1.82) is 0 Å². The minimum absolute atomic E-state index is 0.290. The molecule has 43 heteroatoms. The van der Waals surface area contributed by atoms with Gasteiger partial charge in [0.1, 0.15) is 103 Å². The predicted octanol–water partition coefficient (Wildman–Crippen LogP) is -10.2. The molecule has 0 unspecified atom stereocenters. The maximum Gasteiger partial charge on any atom is 0.326 e. The van der Waals surface area contributed by atoms with E-state index < -0.39 is 282 Å². The Morgan fingerprint density at radius 1 is 0.607 bits per heavy atom. The zero-order valence-corrected chi connectivity index (χ0v) is 64.6. The average molecular weight is 1710 g/mol. The molecule has 1 saturated heterocycles. The fraction of sp³-hybridized carbons (Fsp3) is 0.459. The van der Waals surface area contributed by atoms with Crippen LogP contribution in [0.5, 0.6) is 0 Å². The van der Waals surface area contributed by atoms with E-state index in [1.165, 1.54) is 30.3 Å². The van der Waals surface area contributed by atoms with Crippen molar-refractivity contribution in [3.05, 3.63) is 142 Å². The Hall–Kier alpha value is -11.5. The third kappa shape index (κ3) is 27.6. The first-order valence-electron chi connectivity index (χ1n) is 36.7. The van der Waals surface area contributed by atoms with Crippen LogP contribution in [0, 0.1) is 0 Å². The number of aromatic nitrogens is 2. The van der Waals surface area contributed by atoms with Gasteiger partial charge in [0.25, 0.3) is 5.91 Å². The summed E-state index contributed by atoms with van der Waals surface area (Å²) in [7, 11) is 0.